The second-order valence-electron chi connectivity index (χ2n) is 5.78. The number of hydrogen-bond acceptors (Lipinski definition) is 5. The first-order valence-corrected chi connectivity index (χ1v) is 8.05. The Labute approximate surface area is 145 Å². The number of para-hydroxylation sites is 4. The molecule has 3 aromatic carbocycles. The number of anilines is 2. The van der Waals surface area contributed by atoms with Crippen LogP contribution in [0, 0.1) is 0 Å². The lowest BCUT2D eigenvalue weighted by molar-refractivity contribution is 0.112. The molecule has 25 heavy (non-hydrogen) atoms. The van der Waals surface area contributed by atoms with Crippen molar-refractivity contribution in [2.24, 2.45) is 0 Å². The van der Waals surface area contributed by atoms with Crippen LogP contribution in [0.3, 0.4) is 0 Å². The molecule has 0 amide bonds. The summed E-state index contributed by atoms with van der Waals surface area (Å²) in [6.07, 6.45) is -0.408. The summed E-state index contributed by atoms with van der Waals surface area (Å²) >= 11 is 0. The number of ether oxygens (including phenoxy) is 1. The van der Waals surface area contributed by atoms with Crippen LogP contribution < -0.4 is 10.0 Å². The predicted octanol–water partition coefficient (Wildman–Crippen LogP) is 4.01. The Balaban J connectivity index is 1.83. The van der Waals surface area contributed by atoms with Gasteiger partial charge in [-0.3, -0.25) is 5.01 Å². The van der Waals surface area contributed by atoms with E-state index in [1.54, 1.807) is 24.3 Å². The van der Waals surface area contributed by atoms with Crippen molar-refractivity contribution in [2.45, 2.75) is 6.23 Å². The standard InChI is InChI=1S/C20H18N2O3/c23-18-12-6-4-10-16(18)21-14-25-20(15-8-2-1-3-9-15)22(21)17-11-5-7-13-19(17)24/h1-13,20,23-24H,14H2. The third-order valence-electron chi connectivity index (χ3n) is 4.21. The molecule has 1 heterocycles. The molecule has 0 aliphatic carbocycles. The molecule has 1 fully saturated rings. The van der Waals surface area contributed by atoms with Crippen LogP contribution in [-0.2, 0) is 4.74 Å². The first kappa shape index (κ1) is 15.4. The molecule has 4 rings (SSSR count). The van der Waals surface area contributed by atoms with Gasteiger partial charge >= 0.3 is 0 Å². The smallest absolute Gasteiger partial charge is 0.177 e. The highest BCUT2D eigenvalue weighted by Gasteiger charge is 2.36. The van der Waals surface area contributed by atoms with Crippen LogP contribution in [0.15, 0.2) is 78.9 Å². The van der Waals surface area contributed by atoms with Crippen molar-refractivity contribution in [3.63, 3.8) is 0 Å². The summed E-state index contributed by atoms with van der Waals surface area (Å²) in [6.45, 7) is 0.255. The number of hydrazine groups is 1. The lowest BCUT2D eigenvalue weighted by Crippen LogP contribution is -2.38. The molecule has 0 aromatic heterocycles. The van der Waals surface area contributed by atoms with Crippen LogP contribution in [0.2, 0.25) is 0 Å². The van der Waals surface area contributed by atoms with E-state index in [4.69, 9.17) is 4.74 Å². The molecule has 0 spiro atoms. The zero-order valence-corrected chi connectivity index (χ0v) is 13.5. The van der Waals surface area contributed by atoms with Crippen molar-refractivity contribution < 1.29 is 14.9 Å². The van der Waals surface area contributed by atoms with Gasteiger partial charge in [0.05, 0.1) is 0 Å². The van der Waals surface area contributed by atoms with Crippen LogP contribution in [0.1, 0.15) is 11.8 Å². The zero-order chi connectivity index (χ0) is 17.2. The van der Waals surface area contributed by atoms with Crippen molar-refractivity contribution in [3.8, 4) is 11.5 Å². The normalized spacial score (nSPS) is 17.0. The van der Waals surface area contributed by atoms with E-state index in [-0.39, 0.29) is 18.2 Å². The maximum absolute atomic E-state index is 10.4. The van der Waals surface area contributed by atoms with Crippen molar-refractivity contribution in [1.82, 2.24) is 0 Å². The molecule has 5 nitrogen and oxygen atoms in total. The van der Waals surface area contributed by atoms with E-state index in [1.165, 1.54) is 0 Å². The van der Waals surface area contributed by atoms with Crippen LogP contribution in [0.5, 0.6) is 11.5 Å². The Kier molecular flexibility index (Phi) is 3.91. The minimum Gasteiger partial charge on any atom is -0.506 e. The SMILES string of the molecule is Oc1ccccc1N1COC(c2ccccc2)N1c1ccccc1O. The summed E-state index contributed by atoms with van der Waals surface area (Å²) in [5, 5.41) is 24.3. The van der Waals surface area contributed by atoms with E-state index in [0.717, 1.165) is 5.56 Å². The number of phenols is 2. The fraction of sp³-hybridized carbons (Fsp3) is 0.100. The third-order valence-corrected chi connectivity index (χ3v) is 4.21. The molecule has 126 valence electrons. The molecule has 1 atom stereocenters. The van der Waals surface area contributed by atoms with Gasteiger partial charge in [-0.1, -0.05) is 54.6 Å². The van der Waals surface area contributed by atoms with E-state index >= 15 is 0 Å². The Morgan fingerprint density at radius 1 is 0.720 bits per heavy atom. The summed E-state index contributed by atoms with van der Waals surface area (Å²) < 4.78 is 6.01. The summed E-state index contributed by atoms with van der Waals surface area (Å²) in [4.78, 5) is 0. The molecule has 5 heteroatoms. The van der Waals surface area contributed by atoms with E-state index in [0.29, 0.717) is 11.4 Å². The summed E-state index contributed by atoms with van der Waals surface area (Å²) in [7, 11) is 0. The van der Waals surface area contributed by atoms with Gasteiger partial charge < -0.3 is 14.9 Å². The highest BCUT2D eigenvalue weighted by molar-refractivity contribution is 5.68. The second-order valence-corrected chi connectivity index (χ2v) is 5.78. The van der Waals surface area contributed by atoms with Gasteiger partial charge in [0.15, 0.2) is 6.23 Å². The Morgan fingerprint density at radius 3 is 1.92 bits per heavy atom. The predicted molar refractivity (Wildman–Crippen MR) is 96.3 cm³/mol. The maximum atomic E-state index is 10.4. The van der Waals surface area contributed by atoms with Gasteiger partial charge in [-0.15, -0.1) is 0 Å². The van der Waals surface area contributed by atoms with Crippen molar-refractivity contribution in [2.75, 3.05) is 16.7 Å². The largest absolute Gasteiger partial charge is 0.506 e. The van der Waals surface area contributed by atoms with E-state index in [9.17, 15) is 10.2 Å². The Hall–Kier alpha value is -3.18. The van der Waals surface area contributed by atoms with Gasteiger partial charge in [-0.25, -0.2) is 5.01 Å². The molecule has 3 aromatic rings. The number of nitrogens with zero attached hydrogens (tertiary/aromatic N) is 2. The minimum atomic E-state index is -0.408. The average molecular weight is 334 g/mol. The molecule has 0 saturated carbocycles. The van der Waals surface area contributed by atoms with Crippen molar-refractivity contribution >= 4 is 11.4 Å². The Morgan fingerprint density at radius 2 is 1.28 bits per heavy atom. The van der Waals surface area contributed by atoms with Gasteiger partial charge in [-0.05, 0) is 24.3 Å². The van der Waals surface area contributed by atoms with Gasteiger partial charge in [-0.2, -0.15) is 0 Å². The number of hydrogen-bond donors (Lipinski definition) is 2. The van der Waals surface area contributed by atoms with Gasteiger partial charge in [0, 0.05) is 5.56 Å². The fourth-order valence-corrected chi connectivity index (χ4v) is 3.04. The molecule has 1 aliphatic rings. The topological polar surface area (TPSA) is 56.2 Å². The molecule has 0 bridgehead atoms. The molecule has 0 radical (unpaired) electrons. The van der Waals surface area contributed by atoms with Gasteiger partial charge in [0.2, 0.25) is 0 Å². The molecule has 1 unspecified atom stereocenters. The quantitative estimate of drug-likeness (QED) is 0.758. The molecule has 1 aliphatic heterocycles. The number of benzene rings is 3. The highest BCUT2D eigenvalue weighted by atomic mass is 16.5. The van der Waals surface area contributed by atoms with Crippen LogP contribution in [-0.4, -0.2) is 16.9 Å². The monoisotopic (exact) mass is 334 g/mol. The molecular weight excluding hydrogens is 316 g/mol. The van der Waals surface area contributed by atoms with Gasteiger partial charge in [0.1, 0.15) is 29.6 Å². The van der Waals surface area contributed by atoms with E-state index in [2.05, 4.69) is 0 Å². The summed E-state index contributed by atoms with van der Waals surface area (Å²) in [5.74, 6) is 0.301. The van der Waals surface area contributed by atoms with Crippen LogP contribution in [0.4, 0.5) is 11.4 Å². The number of aromatic hydroxyl groups is 2. The van der Waals surface area contributed by atoms with E-state index in [1.807, 2.05) is 64.6 Å². The van der Waals surface area contributed by atoms with Crippen LogP contribution >= 0.6 is 0 Å². The second kappa shape index (κ2) is 6.37. The average Bonchev–Trinajstić information content (AvgIpc) is 3.08. The van der Waals surface area contributed by atoms with Crippen molar-refractivity contribution in [3.05, 3.63) is 84.4 Å². The lowest BCUT2D eigenvalue weighted by atomic mass is 10.1. The minimum absolute atomic E-state index is 0.148. The third kappa shape index (κ3) is 2.75. The van der Waals surface area contributed by atoms with Crippen LogP contribution in [0.25, 0.3) is 0 Å². The molecule has 1 saturated heterocycles. The fourth-order valence-electron chi connectivity index (χ4n) is 3.04. The van der Waals surface area contributed by atoms with Gasteiger partial charge in [0.25, 0.3) is 0 Å². The Bertz CT molecular complexity index is 870. The number of phenolic OH excluding ortho intramolecular Hbond substituents is 2. The summed E-state index contributed by atoms with van der Waals surface area (Å²) in [6, 6.07) is 24.0. The first-order valence-electron chi connectivity index (χ1n) is 8.05. The zero-order valence-electron chi connectivity index (χ0n) is 13.5. The van der Waals surface area contributed by atoms with Crippen molar-refractivity contribution in [1.29, 1.82) is 0 Å². The maximum Gasteiger partial charge on any atom is 0.177 e. The first-order chi connectivity index (χ1) is 12.3. The molecule has 2 N–H and O–H groups in total. The van der Waals surface area contributed by atoms with E-state index < -0.39 is 6.23 Å². The highest BCUT2D eigenvalue weighted by Crippen LogP contribution is 2.42. The summed E-state index contributed by atoms with van der Waals surface area (Å²) in [5.41, 5.74) is 2.19. The lowest BCUT2D eigenvalue weighted by Gasteiger charge is -2.33. The molecular formula is C20H18N2O3. The number of rotatable bonds is 3.